The molecule has 1 aliphatic heterocycles. The number of nitrogens with one attached hydrogen (secondary N) is 2. The Bertz CT molecular complexity index is 587. The number of thioether (sulfide) groups is 1. The Hall–Kier alpha value is -1.89. The number of methoxy groups -OCH3 is 1. The van der Waals surface area contributed by atoms with Gasteiger partial charge < -0.3 is 15.0 Å². The maximum atomic E-state index is 11.2. The van der Waals surface area contributed by atoms with Crippen LogP contribution in [-0.2, 0) is 11.3 Å². The zero-order chi connectivity index (χ0) is 17.6. The SMILES string of the molecule is CN=C(NCc1ccc(NC(=O)OC)cc1)N1CCSC(C)(C)C1. The molecule has 1 amide bonds. The summed E-state index contributed by atoms with van der Waals surface area (Å²) < 4.78 is 4.82. The van der Waals surface area contributed by atoms with Crippen molar-refractivity contribution in [3.8, 4) is 0 Å². The summed E-state index contributed by atoms with van der Waals surface area (Å²) in [4.78, 5) is 17.9. The van der Waals surface area contributed by atoms with Gasteiger partial charge in [0, 0.05) is 42.9 Å². The van der Waals surface area contributed by atoms with Crippen molar-refractivity contribution in [2.75, 3.05) is 38.3 Å². The van der Waals surface area contributed by atoms with Gasteiger partial charge in [-0.1, -0.05) is 12.1 Å². The number of aliphatic imine (C=N–C) groups is 1. The summed E-state index contributed by atoms with van der Waals surface area (Å²) in [5.74, 6) is 2.04. The van der Waals surface area contributed by atoms with Gasteiger partial charge in [-0.3, -0.25) is 10.3 Å². The second-order valence-electron chi connectivity index (χ2n) is 6.24. The molecule has 6 nitrogen and oxygen atoms in total. The van der Waals surface area contributed by atoms with Gasteiger partial charge >= 0.3 is 6.09 Å². The summed E-state index contributed by atoms with van der Waals surface area (Å²) in [6.45, 7) is 7.22. The number of anilines is 1. The van der Waals surface area contributed by atoms with Crippen LogP contribution in [0.25, 0.3) is 0 Å². The molecule has 24 heavy (non-hydrogen) atoms. The number of guanidine groups is 1. The summed E-state index contributed by atoms with van der Waals surface area (Å²) in [6.07, 6.45) is -0.466. The summed E-state index contributed by atoms with van der Waals surface area (Å²) >= 11 is 2.01. The highest BCUT2D eigenvalue weighted by Crippen LogP contribution is 2.29. The Morgan fingerprint density at radius 3 is 2.67 bits per heavy atom. The van der Waals surface area contributed by atoms with Crippen molar-refractivity contribution in [1.29, 1.82) is 0 Å². The number of amides is 1. The monoisotopic (exact) mass is 350 g/mol. The zero-order valence-electron chi connectivity index (χ0n) is 14.8. The molecule has 1 aromatic rings. The lowest BCUT2D eigenvalue weighted by atomic mass is 10.2. The Morgan fingerprint density at radius 1 is 1.38 bits per heavy atom. The number of benzene rings is 1. The van der Waals surface area contributed by atoms with Crippen LogP contribution in [0.4, 0.5) is 10.5 Å². The van der Waals surface area contributed by atoms with E-state index in [1.807, 2.05) is 43.1 Å². The van der Waals surface area contributed by atoms with Gasteiger partial charge in [-0.25, -0.2) is 4.79 Å². The molecule has 0 unspecified atom stereocenters. The van der Waals surface area contributed by atoms with E-state index in [1.54, 1.807) is 0 Å². The van der Waals surface area contributed by atoms with Crippen molar-refractivity contribution >= 4 is 29.5 Å². The highest BCUT2D eigenvalue weighted by atomic mass is 32.2. The molecule has 0 radical (unpaired) electrons. The van der Waals surface area contributed by atoms with E-state index in [2.05, 4.69) is 39.1 Å². The minimum Gasteiger partial charge on any atom is -0.453 e. The molecule has 0 saturated carbocycles. The molecule has 7 heteroatoms. The van der Waals surface area contributed by atoms with Gasteiger partial charge in [0.2, 0.25) is 0 Å². The number of hydrogen-bond acceptors (Lipinski definition) is 4. The van der Waals surface area contributed by atoms with E-state index in [0.717, 1.165) is 30.4 Å². The first kappa shape index (κ1) is 18.4. The molecule has 0 bridgehead atoms. The second kappa shape index (κ2) is 8.28. The van der Waals surface area contributed by atoms with Crippen LogP contribution in [0.5, 0.6) is 0 Å². The largest absolute Gasteiger partial charge is 0.453 e. The first-order valence-electron chi connectivity index (χ1n) is 7.97. The van der Waals surface area contributed by atoms with Crippen molar-refractivity contribution in [3.63, 3.8) is 0 Å². The highest BCUT2D eigenvalue weighted by Gasteiger charge is 2.28. The first-order chi connectivity index (χ1) is 11.4. The Morgan fingerprint density at radius 2 is 2.08 bits per heavy atom. The highest BCUT2D eigenvalue weighted by molar-refractivity contribution is 8.00. The average molecular weight is 350 g/mol. The van der Waals surface area contributed by atoms with Crippen molar-refractivity contribution in [2.45, 2.75) is 25.1 Å². The van der Waals surface area contributed by atoms with Crippen LogP contribution in [0, 0.1) is 0 Å². The number of nitrogens with zero attached hydrogens (tertiary/aromatic N) is 2. The van der Waals surface area contributed by atoms with Crippen LogP contribution < -0.4 is 10.6 Å². The first-order valence-corrected chi connectivity index (χ1v) is 8.95. The lowest BCUT2D eigenvalue weighted by Gasteiger charge is -2.39. The third-order valence-electron chi connectivity index (χ3n) is 3.77. The molecule has 1 aliphatic rings. The van der Waals surface area contributed by atoms with Gasteiger partial charge in [-0.05, 0) is 31.5 Å². The van der Waals surface area contributed by atoms with Gasteiger partial charge in [0.15, 0.2) is 5.96 Å². The summed E-state index contributed by atoms with van der Waals surface area (Å²) in [6, 6.07) is 7.66. The van der Waals surface area contributed by atoms with Crippen LogP contribution in [-0.4, -0.2) is 54.7 Å². The second-order valence-corrected chi connectivity index (χ2v) is 8.05. The smallest absolute Gasteiger partial charge is 0.411 e. The predicted molar refractivity (Wildman–Crippen MR) is 101 cm³/mol. The lowest BCUT2D eigenvalue weighted by Crippen LogP contribution is -2.50. The number of rotatable bonds is 3. The average Bonchev–Trinajstić information content (AvgIpc) is 2.56. The fraction of sp³-hybridized carbons (Fsp3) is 0.529. The normalized spacial score (nSPS) is 17.3. The predicted octanol–water partition coefficient (Wildman–Crippen LogP) is 2.77. The van der Waals surface area contributed by atoms with E-state index in [9.17, 15) is 4.79 Å². The maximum Gasteiger partial charge on any atom is 0.411 e. The fourth-order valence-corrected chi connectivity index (χ4v) is 3.70. The van der Waals surface area contributed by atoms with Crippen LogP contribution in [0.15, 0.2) is 29.3 Å². The summed E-state index contributed by atoms with van der Waals surface area (Å²) in [7, 11) is 3.17. The molecule has 132 valence electrons. The van der Waals surface area contributed by atoms with E-state index >= 15 is 0 Å². The van der Waals surface area contributed by atoms with Crippen LogP contribution in [0.2, 0.25) is 0 Å². The number of carbonyl (C=O) groups is 1. The van der Waals surface area contributed by atoms with Crippen molar-refractivity contribution < 1.29 is 9.53 Å². The van der Waals surface area contributed by atoms with Gasteiger partial charge in [0.25, 0.3) is 0 Å². The molecule has 1 saturated heterocycles. The molecule has 2 N–H and O–H groups in total. The molecule has 0 aromatic heterocycles. The standard InChI is InChI=1S/C17H26N4O2S/c1-17(2)12-21(9-10-24-17)15(18-3)19-11-13-5-7-14(8-6-13)20-16(22)23-4/h5-8H,9-12H2,1-4H3,(H,18,19)(H,20,22). The third-order valence-corrected chi connectivity index (χ3v) is 5.07. The molecule has 2 rings (SSSR count). The quantitative estimate of drug-likeness (QED) is 0.648. The van der Waals surface area contributed by atoms with E-state index in [0.29, 0.717) is 12.2 Å². The van der Waals surface area contributed by atoms with Gasteiger partial charge in [0.1, 0.15) is 0 Å². The van der Waals surface area contributed by atoms with E-state index in [1.165, 1.54) is 7.11 Å². The molecule has 0 aliphatic carbocycles. The fourth-order valence-electron chi connectivity index (χ4n) is 2.59. The molecule has 1 fully saturated rings. The Kier molecular flexibility index (Phi) is 6.36. The van der Waals surface area contributed by atoms with E-state index < -0.39 is 6.09 Å². The summed E-state index contributed by atoms with van der Waals surface area (Å²) in [5, 5.41) is 6.06. The molecule has 0 spiro atoms. The third kappa shape index (κ3) is 5.33. The maximum absolute atomic E-state index is 11.2. The number of carbonyl (C=O) groups excluding carboxylic acids is 1. The van der Waals surface area contributed by atoms with Gasteiger partial charge in [0.05, 0.1) is 7.11 Å². The molecule has 1 heterocycles. The van der Waals surface area contributed by atoms with Crippen LogP contribution >= 0.6 is 11.8 Å². The Balaban J connectivity index is 1.90. The molecular weight excluding hydrogens is 324 g/mol. The summed E-state index contributed by atoms with van der Waals surface area (Å²) in [5.41, 5.74) is 1.84. The number of hydrogen-bond donors (Lipinski definition) is 2. The lowest BCUT2D eigenvalue weighted by molar-refractivity contribution is 0.187. The molecule has 1 aromatic carbocycles. The van der Waals surface area contributed by atoms with Crippen LogP contribution in [0.3, 0.4) is 0 Å². The van der Waals surface area contributed by atoms with Gasteiger partial charge in [-0.15, -0.1) is 0 Å². The van der Waals surface area contributed by atoms with Crippen molar-refractivity contribution in [3.05, 3.63) is 29.8 Å². The van der Waals surface area contributed by atoms with Crippen LogP contribution in [0.1, 0.15) is 19.4 Å². The molecular formula is C17H26N4O2S. The van der Waals surface area contributed by atoms with E-state index in [4.69, 9.17) is 0 Å². The Labute approximate surface area is 148 Å². The number of ether oxygens (including phenoxy) is 1. The van der Waals surface area contributed by atoms with Gasteiger partial charge in [-0.2, -0.15) is 11.8 Å². The topological polar surface area (TPSA) is 66.0 Å². The van der Waals surface area contributed by atoms with Crippen molar-refractivity contribution in [2.24, 2.45) is 4.99 Å². The van der Waals surface area contributed by atoms with Crippen molar-refractivity contribution in [1.82, 2.24) is 10.2 Å². The minimum atomic E-state index is -0.466. The van der Waals surface area contributed by atoms with E-state index in [-0.39, 0.29) is 4.75 Å². The minimum absolute atomic E-state index is 0.247. The molecule has 0 atom stereocenters. The zero-order valence-corrected chi connectivity index (χ0v) is 15.6.